The van der Waals surface area contributed by atoms with Gasteiger partial charge in [0.25, 0.3) is 10.1 Å². The maximum absolute atomic E-state index is 11.0. The zero-order valence-corrected chi connectivity index (χ0v) is 10.2. The van der Waals surface area contributed by atoms with Crippen LogP contribution in [0.2, 0.25) is 0 Å². The van der Waals surface area contributed by atoms with Gasteiger partial charge >= 0.3 is 0 Å². The second-order valence-corrected chi connectivity index (χ2v) is 5.55. The van der Waals surface area contributed by atoms with Crippen LogP contribution < -0.4 is 0 Å². The van der Waals surface area contributed by atoms with Crippen molar-refractivity contribution in [2.45, 2.75) is 57.1 Å². The van der Waals surface area contributed by atoms with Gasteiger partial charge in [0.1, 0.15) is 0 Å². The van der Waals surface area contributed by atoms with Crippen molar-refractivity contribution in [3.63, 3.8) is 0 Å². The monoisotopic (exact) mass is 238 g/mol. The van der Waals surface area contributed by atoms with Crippen molar-refractivity contribution in [3.8, 4) is 0 Å². The van der Waals surface area contributed by atoms with Crippen molar-refractivity contribution >= 4 is 10.1 Å². The van der Waals surface area contributed by atoms with E-state index in [1.165, 1.54) is 0 Å². The summed E-state index contributed by atoms with van der Waals surface area (Å²) in [5, 5.41) is 7.92. The van der Waals surface area contributed by atoms with Crippen LogP contribution in [0.4, 0.5) is 0 Å². The molecule has 5 heteroatoms. The number of aliphatic hydroxyl groups is 1. The molecule has 0 spiro atoms. The predicted molar refractivity (Wildman–Crippen MR) is 60.4 cm³/mol. The van der Waals surface area contributed by atoms with E-state index in [1.807, 2.05) is 0 Å². The molecule has 2 N–H and O–H groups in total. The minimum absolute atomic E-state index is 0.0268. The first-order chi connectivity index (χ1) is 7.02. The van der Waals surface area contributed by atoms with Crippen LogP contribution >= 0.6 is 0 Å². The number of aliphatic hydroxyl groups excluding tert-OH is 1. The summed E-state index contributed by atoms with van der Waals surface area (Å²) < 4.78 is 30.9. The smallest absolute Gasteiger partial charge is 0.267 e. The minimum Gasteiger partial charge on any atom is -0.396 e. The van der Waals surface area contributed by atoms with Crippen molar-refractivity contribution in [3.05, 3.63) is 0 Å². The van der Waals surface area contributed by atoms with E-state index in [1.54, 1.807) is 0 Å². The second kappa shape index (κ2) is 8.07. The first kappa shape index (κ1) is 14.9. The largest absolute Gasteiger partial charge is 0.396 e. The average molecular weight is 238 g/mol. The minimum atomic E-state index is -3.94. The fraction of sp³-hybridized carbons (Fsp3) is 1.00. The third kappa shape index (κ3) is 7.76. The van der Waals surface area contributed by atoms with Gasteiger partial charge < -0.3 is 5.11 Å². The molecule has 0 aromatic rings. The molecular weight excluding hydrogens is 216 g/mol. The van der Waals surface area contributed by atoms with Crippen LogP contribution in [0, 0.1) is 0 Å². The fourth-order valence-corrected chi connectivity index (χ4v) is 2.49. The molecule has 0 aromatic heterocycles. The average Bonchev–Trinajstić information content (AvgIpc) is 2.15. The maximum atomic E-state index is 11.0. The number of hydrogen-bond donors (Lipinski definition) is 2. The van der Waals surface area contributed by atoms with E-state index in [9.17, 15) is 8.42 Å². The lowest BCUT2D eigenvalue weighted by Crippen LogP contribution is -2.20. The molecule has 0 bridgehead atoms. The van der Waals surface area contributed by atoms with E-state index in [-0.39, 0.29) is 6.61 Å². The Morgan fingerprint density at radius 1 is 1.07 bits per heavy atom. The van der Waals surface area contributed by atoms with Gasteiger partial charge in [-0.3, -0.25) is 4.55 Å². The molecule has 0 radical (unpaired) electrons. The predicted octanol–water partition coefficient (Wildman–Crippen LogP) is 1.99. The van der Waals surface area contributed by atoms with Gasteiger partial charge in [0.15, 0.2) is 0 Å². The molecule has 15 heavy (non-hydrogen) atoms. The van der Waals surface area contributed by atoms with Crippen LogP contribution in [-0.2, 0) is 10.1 Å². The highest BCUT2D eigenvalue weighted by molar-refractivity contribution is 7.86. The fourth-order valence-electron chi connectivity index (χ4n) is 1.56. The second-order valence-electron chi connectivity index (χ2n) is 3.85. The Labute approximate surface area is 92.4 Å². The highest BCUT2D eigenvalue weighted by Crippen LogP contribution is 2.16. The first-order valence-electron chi connectivity index (χ1n) is 5.59. The molecule has 0 rings (SSSR count). The molecule has 0 saturated heterocycles. The van der Waals surface area contributed by atoms with E-state index >= 15 is 0 Å². The summed E-state index contributed by atoms with van der Waals surface area (Å²) in [6.07, 6.45) is 5.30. The Balaban J connectivity index is 3.92. The van der Waals surface area contributed by atoms with Gasteiger partial charge in [-0.2, -0.15) is 8.42 Å². The molecule has 1 atom stereocenters. The van der Waals surface area contributed by atoms with Crippen molar-refractivity contribution in [1.82, 2.24) is 0 Å². The summed E-state index contributed by atoms with van der Waals surface area (Å²) in [4.78, 5) is 0. The molecule has 0 aliphatic carbocycles. The zero-order valence-electron chi connectivity index (χ0n) is 9.35. The normalized spacial score (nSPS) is 14.1. The highest BCUT2D eigenvalue weighted by atomic mass is 32.2. The highest BCUT2D eigenvalue weighted by Gasteiger charge is 2.21. The molecule has 0 aliphatic rings. The van der Waals surface area contributed by atoms with E-state index < -0.39 is 15.4 Å². The lowest BCUT2D eigenvalue weighted by Gasteiger charge is -2.12. The summed E-state index contributed by atoms with van der Waals surface area (Å²) in [6.45, 7) is 2.06. The van der Waals surface area contributed by atoms with Gasteiger partial charge in [0.2, 0.25) is 0 Å². The molecular formula is C10H22O4S. The van der Waals surface area contributed by atoms with Gasteiger partial charge in [-0.25, -0.2) is 0 Å². The summed E-state index contributed by atoms with van der Waals surface area (Å²) in [5.74, 6) is 0. The summed E-state index contributed by atoms with van der Waals surface area (Å²) in [7, 11) is -3.94. The van der Waals surface area contributed by atoms with Crippen LogP contribution in [-0.4, -0.2) is 29.9 Å². The number of hydrogen-bond acceptors (Lipinski definition) is 3. The van der Waals surface area contributed by atoms with Crippen LogP contribution in [0.15, 0.2) is 0 Å². The Morgan fingerprint density at radius 3 is 2.13 bits per heavy atom. The standard InChI is InChI=1S/C10H22O4S/c1-2-3-4-5-7-10(8-6-9-11)15(12,13)14/h10-11H,2-9H2,1H3,(H,12,13,14). The van der Waals surface area contributed by atoms with Crippen molar-refractivity contribution in [1.29, 1.82) is 0 Å². The van der Waals surface area contributed by atoms with Gasteiger partial charge in [-0.1, -0.05) is 32.6 Å². The lowest BCUT2D eigenvalue weighted by molar-refractivity contribution is 0.281. The van der Waals surface area contributed by atoms with Crippen LogP contribution in [0.3, 0.4) is 0 Å². The first-order valence-corrected chi connectivity index (χ1v) is 7.09. The topological polar surface area (TPSA) is 74.6 Å². The molecule has 0 aromatic carbocycles. The van der Waals surface area contributed by atoms with E-state index in [0.717, 1.165) is 25.7 Å². The molecule has 0 amide bonds. The van der Waals surface area contributed by atoms with Crippen molar-refractivity contribution in [2.24, 2.45) is 0 Å². The van der Waals surface area contributed by atoms with Crippen LogP contribution in [0.1, 0.15) is 51.9 Å². The Bertz CT molecular complexity index is 236. The van der Waals surface area contributed by atoms with E-state index in [0.29, 0.717) is 19.3 Å². The Kier molecular flexibility index (Phi) is 8.00. The van der Waals surface area contributed by atoms with Gasteiger partial charge in [-0.05, 0) is 19.3 Å². The lowest BCUT2D eigenvalue weighted by atomic mass is 10.1. The molecule has 0 aliphatic heterocycles. The van der Waals surface area contributed by atoms with Crippen LogP contribution in [0.5, 0.6) is 0 Å². The molecule has 4 nitrogen and oxygen atoms in total. The number of unbranched alkanes of at least 4 members (excludes halogenated alkanes) is 3. The zero-order chi connectivity index (χ0) is 11.7. The van der Waals surface area contributed by atoms with E-state index in [2.05, 4.69) is 6.92 Å². The van der Waals surface area contributed by atoms with Gasteiger partial charge in [0.05, 0.1) is 5.25 Å². The van der Waals surface area contributed by atoms with Gasteiger partial charge in [0, 0.05) is 6.61 Å². The Morgan fingerprint density at radius 2 is 1.67 bits per heavy atom. The number of rotatable bonds is 9. The quantitative estimate of drug-likeness (QED) is 0.476. The molecule has 0 fully saturated rings. The molecule has 0 heterocycles. The molecule has 1 unspecified atom stereocenters. The van der Waals surface area contributed by atoms with E-state index in [4.69, 9.17) is 9.66 Å². The molecule has 0 saturated carbocycles. The van der Waals surface area contributed by atoms with Crippen molar-refractivity contribution in [2.75, 3.05) is 6.61 Å². The maximum Gasteiger partial charge on any atom is 0.267 e. The van der Waals surface area contributed by atoms with Crippen LogP contribution in [0.25, 0.3) is 0 Å². The summed E-state index contributed by atoms with van der Waals surface area (Å²) in [5.41, 5.74) is 0. The van der Waals surface area contributed by atoms with Crippen molar-refractivity contribution < 1.29 is 18.1 Å². The summed E-state index contributed by atoms with van der Waals surface area (Å²) in [6, 6.07) is 0. The SMILES string of the molecule is CCCCCCC(CCCO)S(=O)(=O)O. The Hall–Kier alpha value is -0.130. The third-order valence-corrected chi connectivity index (χ3v) is 3.80. The van der Waals surface area contributed by atoms with Gasteiger partial charge in [-0.15, -0.1) is 0 Å². The third-order valence-electron chi connectivity index (χ3n) is 2.49. The summed E-state index contributed by atoms with van der Waals surface area (Å²) >= 11 is 0. The molecule has 92 valence electrons.